The molecule has 2 heterocycles. The van der Waals surface area contributed by atoms with Crippen LogP contribution in [-0.4, -0.2) is 21.1 Å². The van der Waals surface area contributed by atoms with Crippen molar-refractivity contribution in [3.05, 3.63) is 83.8 Å². The Hall–Kier alpha value is -3.28. The number of allylic oxidation sites excluding steroid dienone is 4. The van der Waals surface area contributed by atoms with Crippen LogP contribution in [0.5, 0.6) is 0 Å². The Balaban J connectivity index is 1.81. The second-order valence-corrected chi connectivity index (χ2v) is 6.34. The molecule has 5 N–H and O–H groups in total. The van der Waals surface area contributed by atoms with Crippen LogP contribution < -0.4 is 16.4 Å². The van der Waals surface area contributed by atoms with E-state index in [0.717, 1.165) is 16.7 Å². The maximum absolute atomic E-state index is 9.83. The Kier molecular flexibility index (Phi) is 4.93. The van der Waals surface area contributed by atoms with E-state index in [0.29, 0.717) is 23.1 Å². The second-order valence-electron chi connectivity index (χ2n) is 6.34. The van der Waals surface area contributed by atoms with Crippen LogP contribution in [0.25, 0.3) is 5.57 Å². The van der Waals surface area contributed by atoms with E-state index in [4.69, 9.17) is 5.73 Å². The third kappa shape index (κ3) is 3.54. The third-order valence-corrected chi connectivity index (χ3v) is 4.68. The molecule has 0 amide bonds. The number of nitrogens with one attached hydrogen (secondary N) is 2. The smallest absolute Gasteiger partial charge is 0.223 e. The molecule has 1 aromatic rings. The monoisotopic (exact) mass is 349 g/mol. The predicted octanol–water partition coefficient (Wildman–Crippen LogP) is 3.15. The van der Waals surface area contributed by atoms with Gasteiger partial charge in [-0.05, 0) is 30.7 Å². The van der Waals surface area contributed by atoms with E-state index in [9.17, 15) is 5.11 Å². The van der Waals surface area contributed by atoms with Gasteiger partial charge in [0.2, 0.25) is 5.95 Å². The lowest BCUT2D eigenvalue weighted by atomic mass is 9.89. The predicted molar refractivity (Wildman–Crippen MR) is 105 cm³/mol. The van der Waals surface area contributed by atoms with Gasteiger partial charge in [0.05, 0.1) is 17.4 Å². The molecule has 6 heteroatoms. The number of hydrogen-bond acceptors (Lipinski definition) is 6. The van der Waals surface area contributed by atoms with Crippen molar-refractivity contribution in [2.75, 3.05) is 5.32 Å². The van der Waals surface area contributed by atoms with E-state index in [1.807, 2.05) is 25.2 Å². The molecule has 0 radical (unpaired) electrons. The van der Waals surface area contributed by atoms with Crippen LogP contribution in [0.15, 0.2) is 78.1 Å². The Morgan fingerprint density at radius 1 is 1.42 bits per heavy atom. The van der Waals surface area contributed by atoms with Crippen LogP contribution in [0.4, 0.5) is 5.95 Å². The first-order valence-electron chi connectivity index (χ1n) is 8.43. The molecule has 6 nitrogen and oxygen atoms in total. The van der Waals surface area contributed by atoms with Crippen LogP contribution in [0.3, 0.4) is 0 Å². The molecule has 0 aromatic carbocycles. The zero-order valence-corrected chi connectivity index (χ0v) is 14.9. The molecule has 3 rings (SSSR count). The number of aliphatic hydroxyl groups excluding tert-OH is 1. The van der Waals surface area contributed by atoms with Gasteiger partial charge in [-0.1, -0.05) is 25.7 Å². The summed E-state index contributed by atoms with van der Waals surface area (Å²) >= 11 is 0. The van der Waals surface area contributed by atoms with E-state index >= 15 is 0 Å². The molecule has 0 bridgehead atoms. The number of aliphatic hydroxyl groups is 1. The van der Waals surface area contributed by atoms with Crippen molar-refractivity contribution in [1.82, 2.24) is 15.3 Å². The van der Waals surface area contributed by atoms with Gasteiger partial charge in [-0.3, -0.25) is 0 Å². The highest BCUT2D eigenvalue weighted by Gasteiger charge is 2.23. The number of rotatable bonds is 4. The lowest BCUT2D eigenvalue weighted by molar-refractivity contribution is 0.405. The second kappa shape index (κ2) is 7.31. The summed E-state index contributed by atoms with van der Waals surface area (Å²) in [4.78, 5) is 8.89. The fraction of sp³-hybridized carbons (Fsp3) is 0.200. The minimum Gasteiger partial charge on any atom is -0.508 e. The summed E-state index contributed by atoms with van der Waals surface area (Å²) in [6, 6.07) is 1.81. The van der Waals surface area contributed by atoms with E-state index in [-0.39, 0.29) is 12.0 Å². The summed E-state index contributed by atoms with van der Waals surface area (Å²) in [5.41, 5.74) is 9.84. The van der Waals surface area contributed by atoms with Gasteiger partial charge in [0.25, 0.3) is 0 Å². The van der Waals surface area contributed by atoms with Gasteiger partial charge >= 0.3 is 0 Å². The first-order chi connectivity index (χ1) is 12.5. The Morgan fingerprint density at radius 3 is 3.04 bits per heavy atom. The van der Waals surface area contributed by atoms with Crippen LogP contribution in [-0.2, 0) is 0 Å². The highest BCUT2D eigenvalue weighted by molar-refractivity contribution is 5.80. The zero-order chi connectivity index (χ0) is 18.7. The summed E-state index contributed by atoms with van der Waals surface area (Å²) in [6.45, 7) is 8.12. The van der Waals surface area contributed by atoms with Gasteiger partial charge < -0.3 is 21.5 Å². The molecule has 1 aliphatic carbocycles. The maximum atomic E-state index is 9.83. The van der Waals surface area contributed by atoms with Gasteiger partial charge in [0.15, 0.2) is 0 Å². The lowest BCUT2D eigenvalue weighted by Gasteiger charge is -2.26. The average Bonchev–Trinajstić information content (AvgIpc) is 2.86. The van der Waals surface area contributed by atoms with Crippen molar-refractivity contribution >= 4 is 11.5 Å². The molecule has 2 atom stereocenters. The molecule has 0 spiro atoms. The molecular weight excluding hydrogens is 326 g/mol. The van der Waals surface area contributed by atoms with Crippen molar-refractivity contribution in [3.8, 4) is 0 Å². The maximum Gasteiger partial charge on any atom is 0.223 e. The molecule has 134 valence electrons. The lowest BCUT2D eigenvalue weighted by Crippen LogP contribution is -2.29. The highest BCUT2D eigenvalue weighted by Crippen LogP contribution is 2.27. The Bertz CT molecular complexity index is 876. The largest absolute Gasteiger partial charge is 0.508 e. The number of hydrogen-bond donors (Lipinski definition) is 4. The zero-order valence-electron chi connectivity index (χ0n) is 14.9. The molecular formula is C20H23N5O. The topological polar surface area (TPSA) is 96.1 Å². The minimum absolute atomic E-state index is 0.00334. The first kappa shape index (κ1) is 17.5. The molecule has 1 aromatic heterocycles. The number of anilines is 1. The van der Waals surface area contributed by atoms with Gasteiger partial charge in [-0.25, -0.2) is 9.97 Å². The summed E-state index contributed by atoms with van der Waals surface area (Å²) in [7, 11) is 0. The van der Waals surface area contributed by atoms with Gasteiger partial charge in [-0.15, -0.1) is 0 Å². The summed E-state index contributed by atoms with van der Waals surface area (Å²) in [6.07, 6.45) is 12.6. The van der Waals surface area contributed by atoms with Gasteiger partial charge in [0, 0.05) is 35.7 Å². The summed E-state index contributed by atoms with van der Waals surface area (Å²) in [5, 5.41) is 16.1. The summed E-state index contributed by atoms with van der Waals surface area (Å²) < 4.78 is 0. The van der Waals surface area contributed by atoms with Gasteiger partial charge in [0.1, 0.15) is 5.76 Å². The van der Waals surface area contributed by atoms with E-state index in [1.165, 1.54) is 0 Å². The van der Waals surface area contributed by atoms with Crippen molar-refractivity contribution in [1.29, 1.82) is 0 Å². The van der Waals surface area contributed by atoms with Crippen molar-refractivity contribution < 1.29 is 5.11 Å². The first-order valence-corrected chi connectivity index (χ1v) is 8.43. The molecule has 0 saturated carbocycles. The fourth-order valence-corrected chi connectivity index (χ4v) is 2.84. The molecule has 2 unspecified atom stereocenters. The number of aromatic nitrogens is 2. The molecule has 2 aliphatic rings. The van der Waals surface area contributed by atoms with E-state index in [2.05, 4.69) is 34.1 Å². The van der Waals surface area contributed by atoms with Crippen LogP contribution in [0.2, 0.25) is 0 Å². The third-order valence-electron chi connectivity index (χ3n) is 4.68. The van der Waals surface area contributed by atoms with Crippen LogP contribution in [0.1, 0.15) is 19.5 Å². The van der Waals surface area contributed by atoms with Crippen molar-refractivity contribution in [2.45, 2.75) is 19.9 Å². The SMILES string of the molecule is C=C(C1=CC=CNC=C1N)c1ccnc(NC2C=CC(O)=C(C)C2C)n1. The van der Waals surface area contributed by atoms with Crippen molar-refractivity contribution in [3.63, 3.8) is 0 Å². The summed E-state index contributed by atoms with van der Waals surface area (Å²) in [5.74, 6) is 0.961. The van der Waals surface area contributed by atoms with E-state index < -0.39 is 0 Å². The normalized spacial score (nSPS) is 22.2. The van der Waals surface area contributed by atoms with Crippen LogP contribution >= 0.6 is 0 Å². The Morgan fingerprint density at radius 2 is 2.23 bits per heavy atom. The standard InChI is InChI=1S/C20H23N5O/c1-12-13(2)19(26)7-6-17(12)24-20-23-10-8-18(25-20)14(3)15-5-4-9-22-11-16(15)21/h4-12,17,22,26H,3,21H2,1-2H3,(H,23,24,25). The minimum atomic E-state index is 0.00334. The van der Waals surface area contributed by atoms with E-state index in [1.54, 1.807) is 30.7 Å². The van der Waals surface area contributed by atoms with Crippen molar-refractivity contribution in [2.24, 2.45) is 11.7 Å². The molecule has 0 saturated heterocycles. The van der Waals surface area contributed by atoms with Crippen LogP contribution in [0, 0.1) is 5.92 Å². The number of nitrogens with zero attached hydrogens (tertiary/aromatic N) is 2. The molecule has 1 aliphatic heterocycles. The molecule has 0 fully saturated rings. The average molecular weight is 349 g/mol. The quantitative estimate of drug-likeness (QED) is 0.667. The fourth-order valence-electron chi connectivity index (χ4n) is 2.84. The molecule has 26 heavy (non-hydrogen) atoms. The number of nitrogens with two attached hydrogens (primary N) is 1. The van der Waals surface area contributed by atoms with Gasteiger partial charge in [-0.2, -0.15) is 0 Å². The Labute approximate surface area is 153 Å². The highest BCUT2D eigenvalue weighted by atomic mass is 16.3.